The third kappa shape index (κ3) is 5.23. The van der Waals surface area contributed by atoms with Crippen molar-refractivity contribution in [3.63, 3.8) is 0 Å². The number of rotatable bonds is 10. The number of hydrogen-bond donors (Lipinski definition) is 0. The van der Waals surface area contributed by atoms with E-state index in [0.29, 0.717) is 12.4 Å². The Morgan fingerprint density at radius 2 is 1.88 bits per heavy atom. The minimum Gasteiger partial charge on any atom is -0.357 e. The van der Waals surface area contributed by atoms with E-state index in [1.54, 1.807) is 4.68 Å². The van der Waals surface area contributed by atoms with Crippen LogP contribution < -0.4 is 0 Å². The predicted octanol–water partition coefficient (Wildman–Crippen LogP) is 5.91. The van der Waals surface area contributed by atoms with Crippen LogP contribution in [-0.2, 0) is 17.7 Å². The largest absolute Gasteiger partial charge is 0.357 e. The molecule has 172 valence electrons. The number of nitrogens with zero attached hydrogens (tertiary/aromatic N) is 6. The van der Waals surface area contributed by atoms with Crippen molar-refractivity contribution < 1.29 is 4.74 Å². The van der Waals surface area contributed by atoms with E-state index in [-0.39, 0.29) is 6.23 Å². The molecule has 0 bridgehead atoms. The maximum atomic E-state index is 5.72. The molecule has 1 unspecified atom stereocenters. The molecule has 4 rings (SSSR count). The van der Waals surface area contributed by atoms with Crippen molar-refractivity contribution in [1.29, 1.82) is 0 Å². The van der Waals surface area contributed by atoms with Gasteiger partial charge in [0.05, 0.1) is 0 Å². The van der Waals surface area contributed by atoms with Crippen LogP contribution in [0.1, 0.15) is 51.2 Å². The van der Waals surface area contributed by atoms with Gasteiger partial charge >= 0.3 is 0 Å². The molecule has 4 aromatic rings. The monoisotopic (exact) mass is 508 g/mol. The first-order chi connectivity index (χ1) is 16.1. The highest BCUT2D eigenvalue weighted by molar-refractivity contribution is 9.10. The van der Waals surface area contributed by atoms with E-state index in [9.17, 15) is 0 Å². The van der Waals surface area contributed by atoms with Gasteiger partial charge in [-0.25, -0.2) is 4.98 Å². The third-order valence-corrected chi connectivity index (χ3v) is 6.30. The first-order valence-electron chi connectivity index (χ1n) is 11.4. The summed E-state index contributed by atoms with van der Waals surface area (Å²) in [6.45, 7) is 7.50. The molecule has 8 heteroatoms. The molecule has 0 N–H and O–H groups in total. The Kier molecular flexibility index (Phi) is 7.67. The molecule has 7 nitrogen and oxygen atoms in total. The number of aromatic nitrogens is 6. The smallest absolute Gasteiger partial charge is 0.185 e. The van der Waals surface area contributed by atoms with Crippen LogP contribution >= 0.6 is 15.9 Å². The van der Waals surface area contributed by atoms with Gasteiger partial charge in [-0.15, -0.1) is 5.10 Å². The maximum Gasteiger partial charge on any atom is 0.185 e. The Balaban J connectivity index is 1.65. The lowest BCUT2D eigenvalue weighted by Crippen LogP contribution is -2.12. The molecule has 2 aromatic heterocycles. The maximum absolute atomic E-state index is 5.72. The summed E-state index contributed by atoms with van der Waals surface area (Å²) in [4.78, 5) is 4.53. The highest BCUT2D eigenvalue weighted by atomic mass is 79.9. The molecule has 0 spiro atoms. The average molecular weight is 509 g/mol. The normalized spacial score (nSPS) is 12.2. The lowest BCUT2D eigenvalue weighted by Gasteiger charge is -2.16. The number of hydrogen-bond acceptors (Lipinski definition) is 5. The average Bonchev–Trinajstić information content (AvgIpc) is 3.48. The SMILES string of the molecule is CCCCc1nccn1Cc1ccc(-c2ccccc2-c2nnnn2C(C)OCC)c(Br)c1. The van der Waals surface area contributed by atoms with Crippen LogP contribution in [0.25, 0.3) is 22.5 Å². The highest BCUT2D eigenvalue weighted by Crippen LogP contribution is 2.36. The summed E-state index contributed by atoms with van der Waals surface area (Å²) in [5.41, 5.74) is 4.32. The van der Waals surface area contributed by atoms with E-state index < -0.39 is 0 Å². The van der Waals surface area contributed by atoms with Crippen LogP contribution in [-0.4, -0.2) is 36.4 Å². The molecule has 2 aromatic carbocycles. The zero-order valence-corrected chi connectivity index (χ0v) is 20.9. The first kappa shape index (κ1) is 23.3. The number of halogens is 1. The molecular formula is C25H29BrN6O. The van der Waals surface area contributed by atoms with E-state index in [1.165, 1.54) is 12.0 Å². The fraction of sp³-hybridized carbons (Fsp3) is 0.360. The van der Waals surface area contributed by atoms with Crippen molar-refractivity contribution in [2.24, 2.45) is 0 Å². The topological polar surface area (TPSA) is 70.7 Å². The number of unbranched alkanes of at least 4 members (excludes halogenated alkanes) is 1. The molecule has 2 heterocycles. The fourth-order valence-electron chi connectivity index (χ4n) is 3.96. The standard InChI is InChI=1S/C25H29BrN6O/c1-4-6-11-24-27-14-15-31(24)17-19-12-13-21(23(26)16-19)20-9-7-8-10-22(20)25-28-29-30-32(25)18(3)33-5-2/h7-10,12-16,18H,4-6,11,17H2,1-3H3. The van der Waals surface area contributed by atoms with Crippen LogP contribution in [0, 0.1) is 0 Å². The molecule has 0 aliphatic carbocycles. The zero-order valence-electron chi connectivity index (χ0n) is 19.3. The van der Waals surface area contributed by atoms with Crippen LogP contribution in [0.2, 0.25) is 0 Å². The van der Waals surface area contributed by atoms with Gasteiger partial charge in [0.2, 0.25) is 0 Å². The predicted molar refractivity (Wildman–Crippen MR) is 133 cm³/mol. The summed E-state index contributed by atoms with van der Waals surface area (Å²) >= 11 is 3.81. The fourth-order valence-corrected chi connectivity index (χ4v) is 4.60. The van der Waals surface area contributed by atoms with Gasteiger partial charge in [-0.3, -0.25) is 0 Å². The second-order valence-corrected chi connectivity index (χ2v) is 8.79. The van der Waals surface area contributed by atoms with E-state index in [2.05, 4.69) is 78.4 Å². The molecule has 0 aliphatic rings. The minimum absolute atomic E-state index is 0.254. The third-order valence-electron chi connectivity index (χ3n) is 5.65. The lowest BCUT2D eigenvalue weighted by molar-refractivity contribution is 0.0159. The zero-order chi connectivity index (χ0) is 23.2. The Morgan fingerprint density at radius 3 is 2.64 bits per heavy atom. The van der Waals surface area contributed by atoms with E-state index in [4.69, 9.17) is 4.74 Å². The summed E-state index contributed by atoms with van der Waals surface area (Å²) in [6, 6.07) is 14.7. The quantitative estimate of drug-likeness (QED) is 0.266. The summed E-state index contributed by atoms with van der Waals surface area (Å²) < 4.78 is 10.7. The Labute approximate surface area is 202 Å². The summed E-state index contributed by atoms with van der Waals surface area (Å²) in [7, 11) is 0. The van der Waals surface area contributed by atoms with Crippen molar-refractivity contribution in [3.05, 3.63) is 70.7 Å². The van der Waals surface area contributed by atoms with Crippen molar-refractivity contribution >= 4 is 15.9 Å². The number of tetrazole rings is 1. The second kappa shape index (κ2) is 10.9. The van der Waals surface area contributed by atoms with Gasteiger partial charge in [0.25, 0.3) is 0 Å². The van der Waals surface area contributed by atoms with Crippen molar-refractivity contribution in [1.82, 2.24) is 29.8 Å². The van der Waals surface area contributed by atoms with Gasteiger partial charge in [-0.05, 0) is 53.5 Å². The van der Waals surface area contributed by atoms with Crippen molar-refractivity contribution in [3.8, 4) is 22.5 Å². The number of ether oxygens (including phenoxy) is 1. The number of benzene rings is 2. The van der Waals surface area contributed by atoms with E-state index >= 15 is 0 Å². The van der Waals surface area contributed by atoms with Gasteiger partial charge < -0.3 is 9.30 Å². The Morgan fingerprint density at radius 1 is 1.06 bits per heavy atom. The van der Waals surface area contributed by atoms with E-state index in [0.717, 1.165) is 46.4 Å². The highest BCUT2D eigenvalue weighted by Gasteiger charge is 2.19. The van der Waals surface area contributed by atoms with Gasteiger partial charge in [0, 0.05) is 42.0 Å². The van der Waals surface area contributed by atoms with Gasteiger partial charge in [-0.1, -0.05) is 65.7 Å². The van der Waals surface area contributed by atoms with Gasteiger partial charge in [0.1, 0.15) is 5.82 Å². The van der Waals surface area contributed by atoms with Crippen LogP contribution in [0.3, 0.4) is 0 Å². The molecule has 0 saturated carbocycles. The molecule has 0 amide bonds. The van der Waals surface area contributed by atoms with Crippen LogP contribution in [0.15, 0.2) is 59.3 Å². The molecule has 0 saturated heterocycles. The molecule has 0 fully saturated rings. The van der Waals surface area contributed by atoms with Gasteiger partial charge in [-0.2, -0.15) is 4.68 Å². The summed E-state index contributed by atoms with van der Waals surface area (Å²) in [5, 5.41) is 12.4. The van der Waals surface area contributed by atoms with E-state index in [1.807, 2.05) is 38.2 Å². The first-order valence-corrected chi connectivity index (χ1v) is 12.2. The van der Waals surface area contributed by atoms with Gasteiger partial charge in [0.15, 0.2) is 12.1 Å². The number of imidazole rings is 1. The van der Waals surface area contributed by atoms with Crippen molar-refractivity contribution in [2.45, 2.75) is 52.8 Å². The minimum atomic E-state index is -0.254. The van der Waals surface area contributed by atoms with Crippen LogP contribution in [0.4, 0.5) is 0 Å². The Hall–Kier alpha value is -2.84. The molecule has 0 radical (unpaired) electrons. The lowest BCUT2D eigenvalue weighted by atomic mass is 9.98. The van der Waals surface area contributed by atoms with Crippen LogP contribution in [0.5, 0.6) is 0 Å². The molecule has 33 heavy (non-hydrogen) atoms. The second-order valence-electron chi connectivity index (χ2n) is 7.94. The number of aryl methyl sites for hydroxylation is 1. The molecule has 0 aliphatic heterocycles. The molecular weight excluding hydrogens is 480 g/mol. The summed E-state index contributed by atoms with van der Waals surface area (Å²) in [5.74, 6) is 1.82. The van der Waals surface area contributed by atoms with Crippen molar-refractivity contribution in [2.75, 3.05) is 6.61 Å². The molecule has 1 atom stereocenters. The Bertz CT molecular complexity index is 1200. The summed E-state index contributed by atoms with van der Waals surface area (Å²) in [6.07, 6.45) is 7.01.